The Hall–Kier alpha value is -0.850. The van der Waals surface area contributed by atoms with E-state index in [1.807, 2.05) is 0 Å². The van der Waals surface area contributed by atoms with E-state index >= 15 is 0 Å². The molecule has 1 saturated heterocycles. The van der Waals surface area contributed by atoms with Gasteiger partial charge in [0.15, 0.2) is 5.79 Å². The molecule has 3 heteroatoms. The van der Waals surface area contributed by atoms with Gasteiger partial charge >= 0.3 is 0 Å². The normalized spacial score (nSPS) is 37.0. The summed E-state index contributed by atoms with van der Waals surface area (Å²) in [5.74, 6) is 1.69. The molecule has 0 unspecified atom stereocenters. The zero-order valence-electron chi connectivity index (χ0n) is 11.6. The van der Waals surface area contributed by atoms with Gasteiger partial charge in [0.25, 0.3) is 0 Å². The molecule has 0 aromatic rings. The number of allylic oxidation sites excluding steroid dienone is 1. The van der Waals surface area contributed by atoms with Crippen LogP contribution in [0.5, 0.6) is 0 Å². The zero-order chi connectivity index (χ0) is 13.3. The summed E-state index contributed by atoms with van der Waals surface area (Å²) in [7, 11) is 0. The topological polar surface area (TPSA) is 42.2 Å². The molecule has 0 aromatic heterocycles. The van der Waals surface area contributed by atoms with Crippen LogP contribution >= 0.6 is 0 Å². The molecule has 3 atom stereocenters. The summed E-state index contributed by atoms with van der Waals surface area (Å²) >= 11 is 0. The van der Waals surface area contributed by atoms with E-state index in [4.69, 9.17) is 14.7 Å². The number of nitriles is 1. The van der Waals surface area contributed by atoms with Crippen LogP contribution in [0.25, 0.3) is 0 Å². The SMILES string of the molecule is C=C1CC[C@@H]2CC3(CC[C@H]2[C@@H]1CCC#N)OCCO3. The Balaban J connectivity index is 1.70. The number of ether oxygens (including phenoxy) is 2. The fraction of sp³-hybridized carbons (Fsp3) is 0.812. The Labute approximate surface area is 115 Å². The second kappa shape index (κ2) is 5.26. The van der Waals surface area contributed by atoms with Crippen molar-refractivity contribution in [2.45, 2.75) is 50.7 Å². The highest BCUT2D eigenvalue weighted by atomic mass is 16.7. The third-order valence-electron chi connectivity index (χ3n) is 5.30. The molecule has 3 aliphatic rings. The van der Waals surface area contributed by atoms with Gasteiger partial charge in [-0.15, -0.1) is 0 Å². The molecule has 1 aliphatic heterocycles. The summed E-state index contributed by atoms with van der Waals surface area (Å²) in [5, 5.41) is 8.83. The smallest absolute Gasteiger partial charge is 0.168 e. The van der Waals surface area contributed by atoms with Gasteiger partial charge in [0.1, 0.15) is 0 Å². The van der Waals surface area contributed by atoms with E-state index in [9.17, 15) is 0 Å². The lowest BCUT2D eigenvalue weighted by atomic mass is 9.61. The minimum absolute atomic E-state index is 0.264. The lowest BCUT2D eigenvalue weighted by Crippen LogP contribution is -2.44. The maximum Gasteiger partial charge on any atom is 0.168 e. The molecular weight excluding hydrogens is 238 g/mol. The van der Waals surface area contributed by atoms with E-state index < -0.39 is 0 Å². The van der Waals surface area contributed by atoms with Crippen molar-refractivity contribution in [2.24, 2.45) is 17.8 Å². The molecule has 0 aromatic carbocycles. The van der Waals surface area contributed by atoms with Crippen LogP contribution in [0, 0.1) is 29.1 Å². The molecule has 3 nitrogen and oxygen atoms in total. The molecular formula is C16H23NO2. The van der Waals surface area contributed by atoms with Crippen molar-refractivity contribution in [1.82, 2.24) is 0 Å². The van der Waals surface area contributed by atoms with Gasteiger partial charge in [-0.2, -0.15) is 5.26 Å². The maximum atomic E-state index is 8.83. The first-order valence-corrected chi connectivity index (χ1v) is 7.57. The fourth-order valence-electron chi connectivity index (χ4n) is 4.38. The molecule has 1 heterocycles. The second-order valence-electron chi connectivity index (χ2n) is 6.27. The van der Waals surface area contributed by atoms with Gasteiger partial charge in [-0.25, -0.2) is 0 Å². The predicted molar refractivity (Wildman–Crippen MR) is 72.2 cm³/mol. The van der Waals surface area contributed by atoms with E-state index in [0.29, 0.717) is 24.2 Å². The third kappa shape index (κ3) is 2.44. The molecule has 2 saturated carbocycles. The third-order valence-corrected chi connectivity index (χ3v) is 5.30. The average molecular weight is 261 g/mol. The van der Waals surface area contributed by atoms with Crippen molar-refractivity contribution in [3.8, 4) is 6.07 Å². The number of hydrogen-bond donors (Lipinski definition) is 0. The molecule has 0 amide bonds. The van der Waals surface area contributed by atoms with Crippen LogP contribution in [0.15, 0.2) is 12.2 Å². The van der Waals surface area contributed by atoms with E-state index in [0.717, 1.165) is 38.9 Å². The standard InChI is InChI=1S/C16H23NO2/c1-12-4-5-13-11-16(18-9-10-19-16)7-6-15(13)14(12)3-2-8-17/h13-15H,1-7,9-11H2/t13-,14-,15-/m1/s1. The first-order valence-electron chi connectivity index (χ1n) is 7.57. The van der Waals surface area contributed by atoms with Crippen LogP contribution in [-0.4, -0.2) is 19.0 Å². The van der Waals surface area contributed by atoms with Crippen LogP contribution in [0.1, 0.15) is 44.9 Å². The Bertz CT molecular complexity index is 392. The van der Waals surface area contributed by atoms with Crippen LogP contribution in [0.2, 0.25) is 0 Å². The highest BCUT2D eigenvalue weighted by Gasteiger charge is 2.48. The Morgan fingerprint density at radius 1 is 1.32 bits per heavy atom. The zero-order valence-corrected chi connectivity index (χ0v) is 11.6. The minimum Gasteiger partial charge on any atom is -0.348 e. The average Bonchev–Trinajstić information content (AvgIpc) is 2.86. The number of fused-ring (bicyclic) bond motifs is 1. The predicted octanol–water partition coefficient (Wildman–Crippen LogP) is 3.42. The minimum atomic E-state index is -0.264. The summed E-state index contributed by atoms with van der Waals surface area (Å²) in [4.78, 5) is 0. The molecule has 1 spiro atoms. The summed E-state index contributed by atoms with van der Waals surface area (Å²) in [5.41, 5.74) is 1.38. The Morgan fingerprint density at radius 3 is 2.84 bits per heavy atom. The van der Waals surface area contributed by atoms with Crippen molar-refractivity contribution < 1.29 is 9.47 Å². The van der Waals surface area contributed by atoms with E-state index in [1.54, 1.807) is 0 Å². The van der Waals surface area contributed by atoms with Gasteiger partial charge in [0.2, 0.25) is 0 Å². The van der Waals surface area contributed by atoms with Gasteiger partial charge in [0, 0.05) is 19.3 Å². The van der Waals surface area contributed by atoms with Gasteiger partial charge < -0.3 is 9.47 Å². The van der Waals surface area contributed by atoms with Gasteiger partial charge in [-0.3, -0.25) is 0 Å². The first kappa shape index (κ1) is 13.1. The van der Waals surface area contributed by atoms with E-state index in [-0.39, 0.29) is 5.79 Å². The summed E-state index contributed by atoms with van der Waals surface area (Å²) in [6.45, 7) is 5.76. The number of rotatable bonds is 2. The molecule has 19 heavy (non-hydrogen) atoms. The quantitative estimate of drug-likeness (QED) is 0.715. The van der Waals surface area contributed by atoms with Crippen LogP contribution < -0.4 is 0 Å². The highest BCUT2D eigenvalue weighted by Crippen LogP contribution is 2.51. The van der Waals surface area contributed by atoms with E-state index in [1.165, 1.54) is 18.4 Å². The molecule has 0 N–H and O–H groups in total. The second-order valence-corrected chi connectivity index (χ2v) is 6.27. The highest BCUT2D eigenvalue weighted by molar-refractivity contribution is 5.10. The summed E-state index contributed by atoms with van der Waals surface area (Å²) in [6, 6.07) is 2.29. The van der Waals surface area contributed by atoms with Crippen LogP contribution in [0.3, 0.4) is 0 Å². The summed E-state index contributed by atoms with van der Waals surface area (Å²) in [6.07, 6.45) is 7.23. The lowest BCUT2D eigenvalue weighted by Gasteiger charge is -2.47. The Morgan fingerprint density at radius 2 is 2.11 bits per heavy atom. The number of hydrogen-bond acceptors (Lipinski definition) is 3. The van der Waals surface area contributed by atoms with Crippen molar-refractivity contribution in [3.05, 3.63) is 12.2 Å². The van der Waals surface area contributed by atoms with Crippen molar-refractivity contribution in [3.63, 3.8) is 0 Å². The first-order chi connectivity index (χ1) is 9.24. The molecule has 2 aliphatic carbocycles. The lowest BCUT2D eigenvalue weighted by molar-refractivity contribution is -0.199. The molecule has 0 radical (unpaired) electrons. The van der Waals surface area contributed by atoms with E-state index in [2.05, 4.69) is 12.6 Å². The largest absolute Gasteiger partial charge is 0.348 e. The van der Waals surface area contributed by atoms with Crippen LogP contribution in [-0.2, 0) is 9.47 Å². The van der Waals surface area contributed by atoms with Gasteiger partial charge in [-0.1, -0.05) is 12.2 Å². The molecule has 3 fully saturated rings. The molecule has 104 valence electrons. The Kier molecular flexibility index (Phi) is 3.64. The maximum absolute atomic E-state index is 8.83. The molecule has 0 bridgehead atoms. The molecule has 3 rings (SSSR count). The number of nitrogens with zero attached hydrogens (tertiary/aromatic N) is 1. The van der Waals surface area contributed by atoms with Crippen LogP contribution in [0.4, 0.5) is 0 Å². The van der Waals surface area contributed by atoms with Gasteiger partial charge in [-0.05, 0) is 43.4 Å². The van der Waals surface area contributed by atoms with Crippen molar-refractivity contribution in [2.75, 3.05) is 13.2 Å². The van der Waals surface area contributed by atoms with Crippen molar-refractivity contribution in [1.29, 1.82) is 5.26 Å². The van der Waals surface area contributed by atoms with Crippen molar-refractivity contribution >= 4 is 0 Å². The monoisotopic (exact) mass is 261 g/mol. The summed E-state index contributed by atoms with van der Waals surface area (Å²) < 4.78 is 11.8. The fourth-order valence-corrected chi connectivity index (χ4v) is 4.38. The van der Waals surface area contributed by atoms with Gasteiger partial charge in [0.05, 0.1) is 19.3 Å².